The monoisotopic (exact) mass is 389 g/mol. The van der Waals surface area contributed by atoms with Crippen LogP contribution < -0.4 is 0 Å². The summed E-state index contributed by atoms with van der Waals surface area (Å²) in [7, 11) is 0. The van der Waals surface area contributed by atoms with E-state index in [9.17, 15) is 0 Å². The standard InChI is InChI=1S/C10H13.O.2Sn/c1-10(2,3)9-7-5-4-6-8-9;;;/h4-8H,1H2,2-3H3;;;. The molecule has 0 aliphatic heterocycles. The minimum absolute atomic E-state index is 0.309. The van der Waals surface area contributed by atoms with Crippen LogP contribution in [0.3, 0.4) is 0 Å². The molecule has 0 atom stereocenters. The van der Waals surface area contributed by atoms with Crippen molar-refractivity contribution in [1.29, 1.82) is 0 Å². The van der Waals surface area contributed by atoms with Crippen LogP contribution in [0.15, 0.2) is 30.3 Å². The Morgan fingerprint density at radius 2 is 1.92 bits per heavy atom. The van der Waals surface area contributed by atoms with Gasteiger partial charge in [0.05, 0.1) is 0 Å². The second kappa shape index (κ2) is 5.61. The minimum atomic E-state index is -0.543. The summed E-state index contributed by atoms with van der Waals surface area (Å²) in [6.45, 7) is 4.61. The summed E-state index contributed by atoms with van der Waals surface area (Å²) < 4.78 is 6.61. The summed E-state index contributed by atoms with van der Waals surface area (Å²) >= 11 is 0.696. The van der Waals surface area contributed by atoms with Gasteiger partial charge in [0.1, 0.15) is 0 Å². The molecule has 1 nitrogen and oxygen atoms in total. The molecule has 1 aromatic rings. The van der Waals surface area contributed by atoms with Gasteiger partial charge in [-0.2, -0.15) is 0 Å². The van der Waals surface area contributed by atoms with Crippen LogP contribution in [0.4, 0.5) is 0 Å². The maximum atomic E-state index is 5.36. The summed E-state index contributed by atoms with van der Waals surface area (Å²) in [5.74, 6) is 0. The molecule has 3 heteroatoms. The van der Waals surface area contributed by atoms with E-state index in [-0.39, 0.29) is 0 Å². The van der Waals surface area contributed by atoms with Gasteiger partial charge in [-0.05, 0) is 0 Å². The normalized spacial score (nSPS) is 11.6. The Hall–Kier alpha value is 0.777. The molecule has 1 aromatic carbocycles. The summed E-state index contributed by atoms with van der Waals surface area (Å²) in [6, 6.07) is 10.7. The summed E-state index contributed by atoms with van der Waals surface area (Å²) in [6.07, 6.45) is 0. The fourth-order valence-electron chi connectivity index (χ4n) is 1.21. The van der Waals surface area contributed by atoms with Gasteiger partial charge in [0.15, 0.2) is 0 Å². The molecule has 0 bridgehead atoms. The van der Waals surface area contributed by atoms with Crippen molar-refractivity contribution < 1.29 is 1.41 Å². The first-order chi connectivity index (χ1) is 6.17. The Labute approximate surface area is 105 Å². The summed E-state index contributed by atoms with van der Waals surface area (Å²) in [4.78, 5) is 0. The van der Waals surface area contributed by atoms with Gasteiger partial charge >= 0.3 is 106 Å². The first-order valence-electron chi connectivity index (χ1n) is 4.28. The van der Waals surface area contributed by atoms with Gasteiger partial charge in [-0.1, -0.05) is 0 Å². The van der Waals surface area contributed by atoms with E-state index in [4.69, 9.17) is 1.41 Å². The number of hydrogen-bond acceptors (Lipinski definition) is 1. The fraction of sp³-hybridized carbons (Fsp3) is 0.400. The van der Waals surface area contributed by atoms with Crippen molar-refractivity contribution in [2.24, 2.45) is 0 Å². The second-order valence-corrected chi connectivity index (χ2v) is 10.00. The third kappa shape index (κ3) is 3.79. The Morgan fingerprint density at radius 3 is 2.46 bits per heavy atom. The van der Waals surface area contributed by atoms with Crippen LogP contribution in [0.2, 0.25) is 4.44 Å². The topological polar surface area (TPSA) is 9.23 Å². The van der Waals surface area contributed by atoms with Crippen molar-refractivity contribution in [2.45, 2.75) is 23.7 Å². The Bertz CT molecular complexity index is 246. The van der Waals surface area contributed by atoms with E-state index in [2.05, 4.69) is 44.2 Å². The van der Waals surface area contributed by atoms with Gasteiger partial charge in [0.25, 0.3) is 0 Å². The zero-order valence-electron chi connectivity index (χ0n) is 8.00. The van der Waals surface area contributed by atoms with Crippen molar-refractivity contribution in [3.8, 4) is 0 Å². The van der Waals surface area contributed by atoms with E-state index in [1.165, 1.54) is 32.9 Å². The SMILES string of the molecule is CC(C)([CH2][Sn][O][Sn])c1ccccc1. The van der Waals surface area contributed by atoms with E-state index < -0.39 is 21.6 Å². The van der Waals surface area contributed by atoms with Gasteiger partial charge in [-0.3, -0.25) is 0 Å². The van der Waals surface area contributed by atoms with Crippen LogP contribution in [0.5, 0.6) is 0 Å². The molecule has 0 aliphatic rings. The molecule has 5 radical (unpaired) electrons. The summed E-state index contributed by atoms with van der Waals surface area (Å²) in [5.41, 5.74) is 1.74. The number of hydrogen-bond donors (Lipinski definition) is 0. The van der Waals surface area contributed by atoms with Crippen molar-refractivity contribution in [2.75, 3.05) is 0 Å². The van der Waals surface area contributed by atoms with Crippen LogP contribution in [0, 0.1) is 0 Å². The second-order valence-electron chi connectivity index (χ2n) is 3.67. The molecule has 1 rings (SSSR count). The van der Waals surface area contributed by atoms with Gasteiger partial charge in [-0.15, -0.1) is 0 Å². The molecular formula is C10H13OSn2. The fourth-order valence-corrected chi connectivity index (χ4v) is 4.41. The molecular weight excluding hydrogens is 374 g/mol. The first-order valence-corrected chi connectivity index (χ1v) is 8.62. The molecule has 0 aliphatic carbocycles. The summed E-state index contributed by atoms with van der Waals surface area (Å²) in [5, 5.41) is 0. The third-order valence-corrected chi connectivity index (χ3v) is 8.25. The van der Waals surface area contributed by atoms with Gasteiger partial charge < -0.3 is 0 Å². The Morgan fingerprint density at radius 1 is 1.31 bits per heavy atom. The zero-order chi connectivity index (χ0) is 9.73. The van der Waals surface area contributed by atoms with Crippen LogP contribution in [-0.4, -0.2) is 44.5 Å². The van der Waals surface area contributed by atoms with E-state index in [1.807, 2.05) is 0 Å². The molecule has 0 saturated carbocycles. The number of benzene rings is 1. The van der Waals surface area contributed by atoms with Crippen molar-refractivity contribution in [3.05, 3.63) is 35.9 Å². The van der Waals surface area contributed by atoms with E-state index in [0.717, 1.165) is 0 Å². The van der Waals surface area contributed by atoms with Gasteiger partial charge in [0.2, 0.25) is 0 Å². The molecule has 0 saturated heterocycles. The van der Waals surface area contributed by atoms with E-state index >= 15 is 0 Å². The average Bonchev–Trinajstić information content (AvgIpc) is 2.16. The molecule has 0 unspecified atom stereocenters. The predicted octanol–water partition coefficient (Wildman–Crippen LogP) is 2.10. The number of rotatable bonds is 4. The van der Waals surface area contributed by atoms with Crippen LogP contribution >= 0.6 is 0 Å². The van der Waals surface area contributed by atoms with E-state index in [0.29, 0.717) is 5.41 Å². The van der Waals surface area contributed by atoms with Crippen molar-refractivity contribution >= 4 is 44.5 Å². The van der Waals surface area contributed by atoms with Gasteiger partial charge in [0, 0.05) is 0 Å². The molecule has 0 aromatic heterocycles. The molecule has 0 spiro atoms. The predicted molar refractivity (Wildman–Crippen MR) is 56.9 cm³/mol. The quantitative estimate of drug-likeness (QED) is 0.720. The van der Waals surface area contributed by atoms with Gasteiger partial charge in [-0.25, -0.2) is 0 Å². The third-order valence-electron chi connectivity index (χ3n) is 2.14. The molecule has 0 fully saturated rings. The maximum absolute atomic E-state index is 5.36. The zero-order valence-corrected chi connectivity index (χ0v) is 13.7. The average molecular weight is 387 g/mol. The Balaban J connectivity index is 2.69. The molecule has 67 valence electrons. The van der Waals surface area contributed by atoms with Crippen LogP contribution in [0.25, 0.3) is 0 Å². The van der Waals surface area contributed by atoms with Crippen LogP contribution in [-0.2, 0) is 6.83 Å². The molecule has 0 heterocycles. The van der Waals surface area contributed by atoms with E-state index in [1.54, 1.807) is 0 Å². The van der Waals surface area contributed by atoms with Crippen molar-refractivity contribution in [3.63, 3.8) is 0 Å². The Kier molecular flexibility index (Phi) is 5.11. The molecule has 0 amide bonds. The van der Waals surface area contributed by atoms with Crippen LogP contribution in [0.1, 0.15) is 19.4 Å². The first kappa shape index (κ1) is 11.8. The molecule has 0 N–H and O–H groups in total. The molecule has 13 heavy (non-hydrogen) atoms. The van der Waals surface area contributed by atoms with Crippen molar-refractivity contribution in [1.82, 2.24) is 0 Å².